The van der Waals surface area contributed by atoms with E-state index in [9.17, 15) is 4.79 Å². The quantitative estimate of drug-likeness (QED) is 0.772. The summed E-state index contributed by atoms with van der Waals surface area (Å²) in [5.74, 6) is 0.225. The maximum atomic E-state index is 10.9. The minimum atomic E-state index is -0.948. The van der Waals surface area contributed by atoms with Crippen molar-refractivity contribution in [3.8, 4) is 5.75 Å². The van der Waals surface area contributed by atoms with E-state index in [2.05, 4.69) is 4.98 Å². The zero-order valence-electron chi connectivity index (χ0n) is 11.7. The number of hydrogen-bond acceptors (Lipinski definition) is 4. The minimum Gasteiger partial charge on any atom is -0.489 e. The summed E-state index contributed by atoms with van der Waals surface area (Å²) in [6, 6.07) is 15.8. The van der Waals surface area contributed by atoms with Gasteiger partial charge in [-0.25, -0.2) is 9.78 Å². The molecule has 0 unspecified atom stereocenters. The van der Waals surface area contributed by atoms with E-state index in [1.807, 2.05) is 30.3 Å². The van der Waals surface area contributed by atoms with Gasteiger partial charge in [-0.15, -0.1) is 0 Å². The van der Waals surface area contributed by atoms with Gasteiger partial charge in [-0.1, -0.05) is 12.1 Å². The number of nitrogen functional groups attached to an aromatic ring is 1. The van der Waals surface area contributed by atoms with Crippen molar-refractivity contribution in [2.75, 3.05) is 5.73 Å². The van der Waals surface area contributed by atoms with E-state index in [1.165, 1.54) is 0 Å². The summed E-state index contributed by atoms with van der Waals surface area (Å²) in [7, 11) is 0. The normalized spacial score (nSPS) is 10.5. The van der Waals surface area contributed by atoms with Crippen LogP contribution in [0.1, 0.15) is 15.9 Å². The number of hydrogen-bond donors (Lipinski definition) is 2. The third-order valence-electron chi connectivity index (χ3n) is 3.26. The lowest BCUT2D eigenvalue weighted by molar-refractivity contribution is 0.0696. The molecule has 110 valence electrons. The molecule has 3 rings (SSSR count). The smallest absolute Gasteiger partial charge is 0.335 e. The topological polar surface area (TPSA) is 85.4 Å². The number of anilines is 1. The Labute approximate surface area is 127 Å². The highest BCUT2D eigenvalue weighted by Gasteiger charge is 2.04. The number of aromatic carboxylic acids is 1. The number of carboxylic acid groups (broad SMARTS) is 1. The molecule has 3 N–H and O–H groups in total. The fourth-order valence-corrected chi connectivity index (χ4v) is 2.17. The van der Waals surface area contributed by atoms with Crippen molar-refractivity contribution in [3.05, 3.63) is 65.7 Å². The second-order valence-corrected chi connectivity index (χ2v) is 4.88. The van der Waals surface area contributed by atoms with E-state index < -0.39 is 5.97 Å². The zero-order valence-corrected chi connectivity index (χ0v) is 11.7. The van der Waals surface area contributed by atoms with Crippen molar-refractivity contribution in [3.63, 3.8) is 0 Å². The van der Waals surface area contributed by atoms with Gasteiger partial charge in [0.15, 0.2) is 0 Å². The van der Waals surface area contributed by atoms with Gasteiger partial charge < -0.3 is 15.6 Å². The second kappa shape index (κ2) is 5.73. The Balaban J connectivity index is 1.77. The molecule has 0 saturated carbocycles. The predicted octanol–water partition coefficient (Wildman–Crippen LogP) is 3.09. The van der Waals surface area contributed by atoms with Gasteiger partial charge in [0.05, 0.1) is 11.1 Å². The minimum absolute atomic E-state index is 0.249. The maximum absolute atomic E-state index is 10.9. The molecule has 0 atom stereocenters. The van der Waals surface area contributed by atoms with E-state index in [1.54, 1.807) is 24.3 Å². The third kappa shape index (κ3) is 2.98. The first-order chi connectivity index (χ1) is 10.6. The number of benzene rings is 2. The van der Waals surface area contributed by atoms with Crippen molar-refractivity contribution in [2.45, 2.75) is 6.61 Å². The van der Waals surface area contributed by atoms with Crippen LogP contribution in [0.3, 0.4) is 0 Å². The molecule has 0 saturated heterocycles. The molecule has 0 spiro atoms. The molecule has 0 aliphatic carbocycles. The SMILES string of the molecule is Nc1ccc2cc(OCc3cccc(C(=O)O)c3)ccc2n1. The summed E-state index contributed by atoms with van der Waals surface area (Å²) in [6.07, 6.45) is 0. The molecule has 5 heteroatoms. The van der Waals surface area contributed by atoms with Crippen LogP contribution in [0.4, 0.5) is 5.82 Å². The number of nitrogens with two attached hydrogens (primary N) is 1. The molecular weight excluding hydrogens is 280 g/mol. The van der Waals surface area contributed by atoms with E-state index in [4.69, 9.17) is 15.6 Å². The molecule has 1 aromatic heterocycles. The van der Waals surface area contributed by atoms with Crippen LogP contribution >= 0.6 is 0 Å². The lowest BCUT2D eigenvalue weighted by Crippen LogP contribution is -2.00. The van der Waals surface area contributed by atoms with Gasteiger partial charge in [0.2, 0.25) is 0 Å². The third-order valence-corrected chi connectivity index (χ3v) is 3.26. The first-order valence-electron chi connectivity index (χ1n) is 6.73. The van der Waals surface area contributed by atoms with Crippen LogP contribution in [-0.4, -0.2) is 16.1 Å². The number of fused-ring (bicyclic) bond motifs is 1. The highest BCUT2D eigenvalue weighted by molar-refractivity contribution is 5.87. The van der Waals surface area contributed by atoms with Crippen LogP contribution in [0.15, 0.2) is 54.6 Å². The summed E-state index contributed by atoms with van der Waals surface area (Å²) >= 11 is 0. The number of pyridine rings is 1. The van der Waals surface area contributed by atoms with Crippen LogP contribution in [0.5, 0.6) is 5.75 Å². The summed E-state index contributed by atoms with van der Waals surface area (Å²) < 4.78 is 5.71. The van der Waals surface area contributed by atoms with E-state index in [0.717, 1.165) is 16.5 Å². The first kappa shape index (κ1) is 13.9. The fraction of sp³-hybridized carbons (Fsp3) is 0.0588. The number of carboxylic acids is 1. The standard InChI is InChI=1S/C17H14N2O3/c18-16-7-4-12-9-14(5-6-15(12)19-16)22-10-11-2-1-3-13(8-11)17(20)21/h1-9H,10H2,(H2,18,19)(H,20,21). The van der Waals surface area contributed by atoms with E-state index >= 15 is 0 Å². The van der Waals surface area contributed by atoms with Gasteiger partial charge in [0.1, 0.15) is 18.2 Å². The van der Waals surface area contributed by atoms with Crippen LogP contribution < -0.4 is 10.5 Å². The second-order valence-electron chi connectivity index (χ2n) is 4.88. The molecule has 0 aliphatic heterocycles. The number of ether oxygens (including phenoxy) is 1. The van der Waals surface area contributed by atoms with Crippen LogP contribution in [0.2, 0.25) is 0 Å². The Kier molecular flexibility index (Phi) is 3.62. The highest BCUT2D eigenvalue weighted by Crippen LogP contribution is 2.21. The maximum Gasteiger partial charge on any atom is 0.335 e. The van der Waals surface area contributed by atoms with Gasteiger partial charge in [-0.05, 0) is 48.0 Å². The number of rotatable bonds is 4. The molecule has 0 bridgehead atoms. The van der Waals surface area contributed by atoms with Crippen molar-refractivity contribution < 1.29 is 14.6 Å². The Morgan fingerprint density at radius 3 is 2.82 bits per heavy atom. The summed E-state index contributed by atoms with van der Waals surface area (Å²) in [6.45, 7) is 0.301. The predicted molar refractivity (Wildman–Crippen MR) is 83.9 cm³/mol. The molecule has 22 heavy (non-hydrogen) atoms. The van der Waals surface area contributed by atoms with Gasteiger partial charge in [-0.2, -0.15) is 0 Å². The van der Waals surface area contributed by atoms with Crippen molar-refractivity contribution >= 4 is 22.7 Å². The molecule has 2 aromatic carbocycles. The molecule has 3 aromatic rings. The number of aromatic nitrogens is 1. The molecule has 0 radical (unpaired) electrons. The van der Waals surface area contributed by atoms with Crippen LogP contribution in [0.25, 0.3) is 10.9 Å². The van der Waals surface area contributed by atoms with Crippen molar-refractivity contribution in [2.24, 2.45) is 0 Å². The number of carbonyl (C=O) groups is 1. The van der Waals surface area contributed by atoms with E-state index in [-0.39, 0.29) is 5.56 Å². The van der Waals surface area contributed by atoms with Crippen LogP contribution in [-0.2, 0) is 6.61 Å². The molecule has 0 fully saturated rings. The molecule has 1 heterocycles. The first-order valence-corrected chi connectivity index (χ1v) is 6.73. The van der Waals surface area contributed by atoms with E-state index in [0.29, 0.717) is 18.2 Å². The Morgan fingerprint density at radius 2 is 2.00 bits per heavy atom. The van der Waals surface area contributed by atoms with Crippen LogP contribution in [0, 0.1) is 0 Å². The Morgan fingerprint density at radius 1 is 1.14 bits per heavy atom. The van der Waals surface area contributed by atoms with Gasteiger partial charge in [0, 0.05) is 5.39 Å². The molecular formula is C17H14N2O3. The summed E-state index contributed by atoms with van der Waals surface area (Å²) in [5.41, 5.74) is 7.50. The highest BCUT2D eigenvalue weighted by atomic mass is 16.5. The van der Waals surface area contributed by atoms with Gasteiger partial charge in [-0.3, -0.25) is 0 Å². The number of nitrogens with zero attached hydrogens (tertiary/aromatic N) is 1. The average molecular weight is 294 g/mol. The largest absolute Gasteiger partial charge is 0.489 e. The fourth-order valence-electron chi connectivity index (χ4n) is 2.17. The monoisotopic (exact) mass is 294 g/mol. The average Bonchev–Trinajstić information content (AvgIpc) is 2.53. The lowest BCUT2D eigenvalue weighted by Gasteiger charge is -2.08. The summed E-state index contributed by atoms with van der Waals surface area (Å²) in [4.78, 5) is 15.2. The van der Waals surface area contributed by atoms with Gasteiger partial charge in [0.25, 0.3) is 0 Å². The van der Waals surface area contributed by atoms with Gasteiger partial charge >= 0.3 is 5.97 Å². The molecule has 0 amide bonds. The molecule has 5 nitrogen and oxygen atoms in total. The summed E-state index contributed by atoms with van der Waals surface area (Å²) in [5, 5.41) is 9.91. The molecule has 0 aliphatic rings. The lowest BCUT2D eigenvalue weighted by atomic mass is 10.1. The Bertz CT molecular complexity index is 846. The zero-order chi connectivity index (χ0) is 15.5. The van der Waals surface area contributed by atoms with Crippen molar-refractivity contribution in [1.29, 1.82) is 0 Å². The Hall–Kier alpha value is -3.08. The van der Waals surface area contributed by atoms with Crippen molar-refractivity contribution in [1.82, 2.24) is 4.98 Å².